The van der Waals surface area contributed by atoms with E-state index in [2.05, 4.69) is 51.0 Å². The Bertz CT molecular complexity index is 862. The Morgan fingerprint density at radius 3 is 2.81 bits per heavy atom. The maximum absolute atomic E-state index is 6.08. The van der Waals surface area contributed by atoms with Gasteiger partial charge in [-0.3, -0.25) is 0 Å². The highest BCUT2D eigenvalue weighted by atomic mass is 16.4. The Kier molecular flexibility index (Phi) is 4.93. The van der Waals surface area contributed by atoms with E-state index in [1.54, 1.807) is 0 Å². The standard InChI is InChI=1S/C20H27N5O/c1-2-24-12-10-15-8-9-16(14-18(15)24)19-22-23-20(26-19)25(13-11-21)17-6-4-3-5-7-17/h8-10,12,14,17H,2-7,11,13,21H2,1H3. The van der Waals surface area contributed by atoms with Crippen LogP contribution in [-0.4, -0.2) is 33.9 Å². The lowest BCUT2D eigenvalue weighted by Crippen LogP contribution is -2.40. The van der Waals surface area contributed by atoms with Crippen molar-refractivity contribution in [2.24, 2.45) is 5.73 Å². The molecule has 0 spiro atoms. The topological polar surface area (TPSA) is 73.1 Å². The average molecular weight is 353 g/mol. The molecule has 1 aromatic carbocycles. The highest BCUT2D eigenvalue weighted by molar-refractivity contribution is 5.84. The van der Waals surface area contributed by atoms with Gasteiger partial charge in [-0.15, -0.1) is 5.10 Å². The van der Waals surface area contributed by atoms with Crippen molar-refractivity contribution in [3.63, 3.8) is 0 Å². The highest BCUT2D eigenvalue weighted by Gasteiger charge is 2.25. The van der Waals surface area contributed by atoms with Crippen LogP contribution in [0.4, 0.5) is 6.01 Å². The van der Waals surface area contributed by atoms with Crippen molar-refractivity contribution < 1.29 is 4.42 Å². The maximum atomic E-state index is 6.08. The van der Waals surface area contributed by atoms with Crippen molar-refractivity contribution in [3.05, 3.63) is 30.5 Å². The summed E-state index contributed by atoms with van der Waals surface area (Å²) in [6, 6.07) is 9.48. The van der Waals surface area contributed by atoms with Crippen molar-refractivity contribution in [2.75, 3.05) is 18.0 Å². The van der Waals surface area contributed by atoms with Gasteiger partial charge in [0.15, 0.2) is 0 Å². The number of hydrogen-bond acceptors (Lipinski definition) is 5. The number of nitrogens with zero attached hydrogens (tertiary/aromatic N) is 4. The Morgan fingerprint density at radius 2 is 2.04 bits per heavy atom. The second-order valence-corrected chi connectivity index (χ2v) is 7.04. The predicted molar refractivity (Wildman–Crippen MR) is 104 cm³/mol. The highest BCUT2D eigenvalue weighted by Crippen LogP contribution is 2.30. The van der Waals surface area contributed by atoms with Crippen LogP contribution in [0.5, 0.6) is 0 Å². The molecule has 2 N–H and O–H groups in total. The third kappa shape index (κ3) is 3.21. The van der Waals surface area contributed by atoms with Gasteiger partial charge >= 0.3 is 6.01 Å². The van der Waals surface area contributed by atoms with Crippen LogP contribution < -0.4 is 10.6 Å². The second-order valence-electron chi connectivity index (χ2n) is 7.04. The van der Waals surface area contributed by atoms with Crippen molar-refractivity contribution in [1.29, 1.82) is 0 Å². The third-order valence-electron chi connectivity index (χ3n) is 5.41. The minimum absolute atomic E-state index is 0.459. The molecule has 0 radical (unpaired) electrons. The van der Waals surface area contributed by atoms with Crippen LogP contribution in [0.15, 0.2) is 34.9 Å². The molecule has 0 atom stereocenters. The molecule has 0 amide bonds. The molecule has 0 unspecified atom stereocenters. The molecule has 1 saturated carbocycles. The third-order valence-corrected chi connectivity index (χ3v) is 5.41. The van der Waals surface area contributed by atoms with Crippen molar-refractivity contribution >= 4 is 16.9 Å². The molecule has 6 heteroatoms. The van der Waals surface area contributed by atoms with E-state index in [0.29, 0.717) is 24.5 Å². The van der Waals surface area contributed by atoms with E-state index in [4.69, 9.17) is 10.2 Å². The molecule has 0 aliphatic heterocycles. The van der Waals surface area contributed by atoms with E-state index in [1.807, 2.05) is 6.07 Å². The normalized spacial score (nSPS) is 15.6. The quantitative estimate of drug-likeness (QED) is 0.729. The summed E-state index contributed by atoms with van der Waals surface area (Å²) in [5.41, 5.74) is 7.99. The molecule has 1 aliphatic rings. The summed E-state index contributed by atoms with van der Waals surface area (Å²) in [6.07, 6.45) is 8.30. The van der Waals surface area contributed by atoms with Crippen LogP contribution in [0.1, 0.15) is 39.0 Å². The van der Waals surface area contributed by atoms with Crippen LogP contribution in [0.25, 0.3) is 22.4 Å². The molecule has 0 saturated heterocycles. The predicted octanol–water partition coefficient (Wildman–Crippen LogP) is 3.81. The zero-order chi connectivity index (χ0) is 17.9. The summed E-state index contributed by atoms with van der Waals surface area (Å²) >= 11 is 0. The van der Waals surface area contributed by atoms with Gasteiger partial charge in [-0.25, -0.2) is 0 Å². The van der Waals surface area contributed by atoms with E-state index in [1.165, 1.54) is 43.0 Å². The first-order valence-corrected chi connectivity index (χ1v) is 9.69. The van der Waals surface area contributed by atoms with E-state index >= 15 is 0 Å². The second kappa shape index (κ2) is 7.50. The Hall–Kier alpha value is -2.34. The zero-order valence-electron chi connectivity index (χ0n) is 15.4. The van der Waals surface area contributed by atoms with Crippen LogP contribution in [0.2, 0.25) is 0 Å². The fourth-order valence-corrected chi connectivity index (χ4v) is 4.01. The number of nitrogens with two attached hydrogens (primary N) is 1. The monoisotopic (exact) mass is 353 g/mol. The molecule has 0 bridgehead atoms. The SMILES string of the molecule is CCn1ccc2ccc(-c3nnc(N(CCN)C4CCCCC4)o3)cc21. The van der Waals surface area contributed by atoms with Gasteiger partial charge in [0.25, 0.3) is 0 Å². The molecular formula is C20H27N5O. The minimum Gasteiger partial charge on any atom is -0.403 e. The van der Waals surface area contributed by atoms with Gasteiger partial charge in [0.05, 0.1) is 0 Å². The van der Waals surface area contributed by atoms with Gasteiger partial charge in [0.2, 0.25) is 5.89 Å². The van der Waals surface area contributed by atoms with Crippen LogP contribution >= 0.6 is 0 Å². The average Bonchev–Trinajstić information content (AvgIpc) is 3.33. The number of benzene rings is 1. The molecule has 138 valence electrons. The van der Waals surface area contributed by atoms with Gasteiger partial charge in [0, 0.05) is 43.0 Å². The molecule has 2 aromatic heterocycles. The number of hydrogen-bond donors (Lipinski definition) is 1. The largest absolute Gasteiger partial charge is 0.403 e. The van der Waals surface area contributed by atoms with E-state index < -0.39 is 0 Å². The first kappa shape index (κ1) is 17.1. The van der Waals surface area contributed by atoms with Gasteiger partial charge in [-0.1, -0.05) is 30.4 Å². The number of anilines is 1. The smallest absolute Gasteiger partial charge is 0.318 e. The van der Waals surface area contributed by atoms with Crippen molar-refractivity contribution in [2.45, 2.75) is 51.6 Å². The van der Waals surface area contributed by atoms with Crippen molar-refractivity contribution in [3.8, 4) is 11.5 Å². The van der Waals surface area contributed by atoms with Crippen molar-refractivity contribution in [1.82, 2.24) is 14.8 Å². The summed E-state index contributed by atoms with van der Waals surface area (Å²) in [5.74, 6) is 0.573. The lowest BCUT2D eigenvalue weighted by atomic mass is 9.94. The molecule has 1 aliphatic carbocycles. The Labute approximate surface area is 154 Å². The zero-order valence-corrected chi connectivity index (χ0v) is 15.4. The minimum atomic E-state index is 0.459. The molecule has 2 heterocycles. The van der Waals surface area contributed by atoms with Gasteiger partial charge in [0.1, 0.15) is 0 Å². The Morgan fingerprint density at radius 1 is 1.19 bits per heavy atom. The molecular weight excluding hydrogens is 326 g/mol. The van der Waals surface area contributed by atoms with Crippen LogP contribution in [0, 0.1) is 0 Å². The van der Waals surface area contributed by atoms with Gasteiger partial charge in [-0.2, -0.15) is 0 Å². The summed E-state index contributed by atoms with van der Waals surface area (Å²) in [4.78, 5) is 2.21. The van der Waals surface area contributed by atoms with Crippen LogP contribution in [-0.2, 0) is 6.54 Å². The summed E-state index contributed by atoms with van der Waals surface area (Å²) < 4.78 is 8.30. The molecule has 4 rings (SSSR count). The van der Waals surface area contributed by atoms with Gasteiger partial charge in [-0.05, 0) is 43.4 Å². The first-order chi connectivity index (χ1) is 12.8. The number of fused-ring (bicyclic) bond motifs is 1. The molecule has 1 fully saturated rings. The molecule has 6 nitrogen and oxygen atoms in total. The summed E-state index contributed by atoms with van der Waals surface area (Å²) in [6.45, 7) is 4.42. The summed E-state index contributed by atoms with van der Waals surface area (Å²) in [7, 11) is 0. The maximum Gasteiger partial charge on any atom is 0.318 e. The number of aromatic nitrogens is 3. The Balaban J connectivity index is 1.63. The number of rotatable bonds is 6. The van der Waals surface area contributed by atoms with Gasteiger partial charge < -0.3 is 19.6 Å². The van der Waals surface area contributed by atoms with E-state index in [0.717, 1.165) is 18.7 Å². The molecule has 3 aromatic rings. The fourth-order valence-electron chi connectivity index (χ4n) is 4.01. The lowest BCUT2D eigenvalue weighted by molar-refractivity contribution is 0.394. The fraction of sp³-hybridized carbons (Fsp3) is 0.500. The van der Waals surface area contributed by atoms with E-state index in [-0.39, 0.29) is 0 Å². The first-order valence-electron chi connectivity index (χ1n) is 9.69. The summed E-state index contributed by atoms with van der Waals surface area (Å²) in [5, 5.41) is 9.89. The molecule has 26 heavy (non-hydrogen) atoms. The number of aryl methyl sites for hydroxylation is 1. The lowest BCUT2D eigenvalue weighted by Gasteiger charge is -2.32. The van der Waals surface area contributed by atoms with Crippen LogP contribution in [0.3, 0.4) is 0 Å². The van der Waals surface area contributed by atoms with E-state index in [9.17, 15) is 0 Å².